The van der Waals surface area contributed by atoms with Crippen molar-refractivity contribution in [2.24, 2.45) is 5.73 Å². The van der Waals surface area contributed by atoms with E-state index in [2.05, 4.69) is 23.2 Å². The van der Waals surface area contributed by atoms with Gasteiger partial charge in [0.15, 0.2) is 0 Å². The van der Waals surface area contributed by atoms with Crippen molar-refractivity contribution in [3.8, 4) is 0 Å². The lowest BCUT2D eigenvalue weighted by Gasteiger charge is -2.34. The summed E-state index contributed by atoms with van der Waals surface area (Å²) in [6.45, 7) is 4.50. The summed E-state index contributed by atoms with van der Waals surface area (Å²) in [5.74, 6) is 0.437. The number of aromatic nitrogens is 1. The van der Waals surface area contributed by atoms with Crippen molar-refractivity contribution in [3.05, 3.63) is 52.4 Å². The zero-order valence-corrected chi connectivity index (χ0v) is 19.9. The van der Waals surface area contributed by atoms with E-state index in [4.69, 9.17) is 16.5 Å². The maximum atomic E-state index is 11.8. The number of nitrogens with one attached hydrogen (secondary N) is 1. The third-order valence-corrected chi connectivity index (χ3v) is 7.40. The van der Waals surface area contributed by atoms with Crippen molar-refractivity contribution in [1.82, 2.24) is 10.3 Å². The molecule has 4 rings (SSSR count). The maximum Gasteiger partial charge on any atom is 0.260 e. The van der Waals surface area contributed by atoms with E-state index >= 15 is 0 Å². The number of primary amides is 1. The Bertz CT molecular complexity index is 1090. The monoisotopic (exact) mass is 467 g/mol. The predicted octanol–water partition coefficient (Wildman–Crippen LogP) is 3.09. The van der Waals surface area contributed by atoms with Crippen molar-refractivity contribution < 1.29 is 9.90 Å². The number of amides is 1. The molecular weight excluding hydrogens is 434 g/mol. The van der Waals surface area contributed by atoms with Crippen LogP contribution < -0.4 is 21.7 Å². The van der Waals surface area contributed by atoms with Crippen LogP contribution >= 0.6 is 11.3 Å². The van der Waals surface area contributed by atoms with Gasteiger partial charge in [-0.15, -0.1) is 11.3 Å². The lowest BCUT2D eigenvalue weighted by Crippen LogP contribution is -2.45. The topological polar surface area (TPSA) is 117 Å². The second-order valence-corrected chi connectivity index (χ2v) is 9.79. The number of rotatable bonds is 9. The fourth-order valence-electron chi connectivity index (χ4n) is 4.57. The molecule has 1 aliphatic rings. The van der Waals surface area contributed by atoms with E-state index in [1.54, 1.807) is 0 Å². The molecule has 0 saturated carbocycles. The largest absolute Gasteiger partial charge is 0.397 e. The number of thiophene rings is 1. The number of carbonyl (C=O) groups excluding carboxylic acids is 1. The molecule has 33 heavy (non-hydrogen) atoms. The number of hydrogen-bond acceptors (Lipinski definition) is 7. The molecule has 0 spiro atoms. The summed E-state index contributed by atoms with van der Waals surface area (Å²) in [7, 11) is 0. The molecule has 1 unspecified atom stereocenters. The minimum atomic E-state index is -0.499. The molecule has 3 heterocycles. The minimum Gasteiger partial charge on any atom is -0.397 e. The number of fused-ring (bicyclic) bond motifs is 1. The van der Waals surface area contributed by atoms with Crippen LogP contribution in [-0.4, -0.2) is 47.8 Å². The number of benzene rings is 1. The molecule has 1 saturated heterocycles. The van der Waals surface area contributed by atoms with Crippen LogP contribution in [0.4, 0.5) is 11.5 Å². The number of hydrogen-bond donors (Lipinski definition) is 4. The molecule has 176 valence electrons. The van der Waals surface area contributed by atoms with Crippen molar-refractivity contribution >= 4 is 39.0 Å². The number of carbonyl (C=O) groups is 1. The van der Waals surface area contributed by atoms with Gasteiger partial charge in [-0.1, -0.05) is 43.7 Å². The molecule has 8 heteroatoms. The number of nitrogens with two attached hydrogens (primary N) is 2. The minimum absolute atomic E-state index is 0.379. The van der Waals surface area contributed by atoms with Gasteiger partial charge in [-0.05, 0) is 42.9 Å². The summed E-state index contributed by atoms with van der Waals surface area (Å²) in [4.78, 5) is 20.1. The summed E-state index contributed by atoms with van der Waals surface area (Å²) in [6.07, 6.45) is 4.10. The summed E-state index contributed by atoms with van der Waals surface area (Å²) < 4.78 is 0. The quantitative estimate of drug-likeness (QED) is 0.384. The van der Waals surface area contributed by atoms with E-state index in [0.717, 1.165) is 65.9 Å². The molecule has 3 aromatic rings. The first-order valence-corrected chi connectivity index (χ1v) is 12.5. The second kappa shape index (κ2) is 10.5. The van der Waals surface area contributed by atoms with E-state index in [1.807, 2.05) is 30.3 Å². The van der Waals surface area contributed by atoms with Crippen LogP contribution in [0, 0.1) is 0 Å². The molecule has 2 aromatic heterocycles. The Labute approximate surface area is 198 Å². The summed E-state index contributed by atoms with van der Waals surface area (Å²) in [5, 5.41) is 14.8. The third kappa shape index (κ3) is 5.46. The number of aliphatic hydroxyl groups is 1. The van der Waals surface area contributed by atoms with E-state index in [1.165, 1.54) is 11.3 Å². The Morgan fingerprint density at radius 3 is 2.70 bits per heavy atom. The third-order valence-electron chi connectivity index (χ3n) is 6.29. The average molecular weight is 468 g/mol. The number of nitrogens with zero attached hydrogens (tertiary/aromatic N) is 2. The smallest absolute Gasteiger partial charge is 0.260 e. The highest BCUT2D eigenvalue weighted by Crippen LogP contribution is 2.37. The Hall–Kier alpha value is -2.68. The number of aryl methyl sites for hydroxylation is 1. The molecule has 6 N–H and O–H groups in total. The molecule has 1 aliphatic heterocycles. The van der Waals surface area contributed by atoms with Crippen LogP contribution in [0.3, 0.4) is 0 Å². The van der Waals surface area contributed by atoms with E-state index in [9.17, 15) is 9.90 Å². The van der Waals surface area contributed by atoms with Crippen LogP contribution in [0.5, 0.6) is 0 Å². The van der Waals surface area contributed by atoms with Gasteiger partial charge in [0.25, 0.3) is 5.91 Å². The van der Waals surface area contributed by atoms with Gasteiger partial charge in [0.1, 0.15) is 15.5 Å². The van der Waals surface area contributed by atoms with Gasteiger partial charge in [0, 0.05) is 31.1 Å². The maximum absolute atomic E-state index is 11.8. The van der Waals surface area contributed by atoms with E-state index < -0.39 is 12.0 Å². The first-order valence-electron chi connectivity index (χ1n) is 11.7. The van der Waals surface area contributed by atoms with Crippen molar-refractivity contribution in [2.75, 3.05) is 30.3 Å². The lowest BCUT2D eigenvalue weighted by atomic mass is 10.0. The summed E-state index contributed by atoms with van der Waals surface area (Å²) in [5.41, 5.74) is 14.5. The molecule has 0 aliphatic carbocycles. The van der Waals surface area contributed by atoms with E-state index in [-0.39, 0.29) is 0 Å². The molecule has 1 fully saturated rings. The zero-order chi connectivity index (χ0) is 23.4. The van der Waals surface area contributed by atoms with Gasteiger partial charge < -0.3 is 26.8 Å². The molecule has 1 atom stereocenters. The van der Waals surface area contributed by atoms with Gasteiger partial charge >= 0.3 is 0 Å². The molecule has 1 amide bonds. The van der Waals surface area contributed by atoms with Gasteiger partial charge in [-0.25, -0.2) is 4.98 Å². The number of pyridine rings is 1. The van der Waals surface area contributed by atoms with Gasteiger partial charge in [0.2, 0.25) is 0 Å². The van der Waals surface area contributed by atoms with E-state index in [0.29, 0.717) is 29.6 Å². The first-order chi connectivity index (χ1) is 16.0. The highest BCUT2D eigenvalue weighted by molar-refractivity contribution is 7.21. The van der Waals surface area contributed by atoms with Crippen molar-refractivity contribution in [2.45, 2.75) is 51.2 Å². The number of nitrogen functional groups attached to an aromatic ring is 1. The van der Waals surface area contributed by atoms with Crippen LogP contribution in [0.1, 0.15) is 47.0 Å². The number of piperidine rings is 1. The molecular formula is C25H33N5O2S. The summed E-state index contributed by atoms with van der Waals surface area (Å²) >= 11 is 1.29. The molecule has 0 radical (unpaired) electrons. The zero-order valence-electron chi connectivity index (χ0n) is 19.1. The van der Waals surface area contributed by atoms with Gasteiger partial charge in [0.05, 0.1) is 11.8 Å². The predicted molar refractivity (Wildman–Crippen MR) is 136 cm³/mol. The van der Waals surface area contributed by atoms with Crippen molar-refractivity contribution in [3.63, 3.8) is 0 Å². The SMILES string of the molecule is CCCc1cc(N2CCC(NCC(O)Cc3ccccc3)CC2)nc2sc(C(N)=O)c(N)c12. The van der Waals surface area contributed by atoms with Gasteiger partial charge in [-0.2, -0.15) is 0 Å². The van der Waals surface area contributed by atoms with Crippen LogP contribution in [0.2, 0.25) is 0 Å². The number of aliphatic hydroxyl groups excluding tert-OH is 1. The second-order valence-electron chi connectivity index (χ2n) is 8.79. The van der Waals surface area contributed by atoms with Crippen LogP contribution in [0.25, 0.3) is 10.2 Å². The molecule has 7 nitrogen and oxygen atoms in total. The number of anilines is 2. The Morgan fingerprint density at radius 1 is 1.30 bits per heavy atom. The standard InChI is InChI=1S/C25H33N5O2S/c1-2-6-17-14-20(29-25-21(17)22(26)23(33-25)24(27)32)30-11-9-18(10-12-30)28-15-19(31)13-16-7-4-3-5-8-16/h3-5,7-8,14,18-19,28,31H,2,6,9-13,15,26H2,1H3,(H2,27,32). The molecule has 0 bridgehead atoms. The Morgan fingerprint density at radius 2 is 2.03 bits per heavy atom. The highest BCUT2D eigenvalue weighted by atomic mass is 32.1. The van der Waals surface area contributed by atoms with Crippen LogP contribution in [0.15, 0.2) is 36.4 Å². The lowest BCUT2D eigenvalue weighted by molar-refractivity contribution is 0.100. The fraction of sp³-hybridized carbons (Fsp3) is 0.440. The Balaban J connectivity index is 1.39. The van der Waals surface area contributed by atoms with Crippen LogP contribution in [-0.2, 0) is 12.8 Å². The first kappa shape index (κ1) is 23.5. The highest BCUT2D eigenvalue weighted by Gasteiger charge is 2.24. The average Bonchev–Trinajstić information content (AvgIpc) is 3.16. The van der Waals surface area contributed by atoms with Crippen molar-refractivity contribution in [1.29, 1.82) is 0 Å². The molecule has 1 aromatic carbocycles. The normalized spacial score (nSPS) is 15.8. The Kier molecular flexibility index (Phi) is 7.47. The fourth-order valence-corrected chi connectivity index (χ4v) is 5.56. The summed E-state index contributed by atoms with van der Waals surface area (Å²) in [6, 6.07) is 12.6. The van der Waals surface area contributed by atoms with Gasteiger partial charge in [-0.3, -0.25) is 4.79 Å².